The molecule has 1 fully saturated rings. The minimum absolute atomic E-state index is 0.141. The molecule has 0 saturated heterocycles. The lowest BCUT2D eigenvalue weighted by Gasteiger charge is -2.30. The maximum absolute atomic E-state index is 15.0. The number of unbranched alkanes of at least 4 members (excludes halogenated alkanes) is 2. The summed E-state index contributed by atoms with van der Waals surface area (Å²) in [5.74, 6) is 1.31. The van der Waals surface area contributed by atoms with Gasteiger partial charge in [-0.15, -0.1) is 0 Å². The normalized spacial score (nSPS) is 19.4. The van der Waals surface area contributed by atoms with E-state index in [1.54, 1.807) is 7.11 Å². The molecule has 2 aromatic carbocycles. The highest BCUT2D eigenvalue weighted by Gasteiger charge is 2.26. The maximum atomic E-state index is 15.0. The third kappa shape index (κ3) is 4.66. The lowest BCUT2D eigenvalue weighted by Crippen LogP contribution is -2.14. The van der Waals surface area contributed by atoms with Crippen molar-refractivity contribution in [1.82, 2.24) is 0 Å². The van der Waals surface area contributed by atoms with Crippen molar-refractivity contribution >= 4 is 6.08 Å². The van der Waals surface area contributed by atoms with Gasteiger partial charge >= 0.3 is 0 Å². The number of benzene rings is 2. The second kappa shape index (κ2) is 9.91. The molecule has 0 N–H and O–H groups in total. The molecule has 0 heterocycles. The van der Waals surface area contributed by atoms with E-state index in [-0.39, 0.29) is 5.82 Å². The standard InChI is InChI=1S/C26H33FO/c1-4-6-7-8-24-23(17-18-25(28-3)26(24)27)22-15-13-21(14-16-22)20-11-9-19(5-2)10-12-20/h5,9-12,17-18,21-22H,2,4,6-8,13-16H2,1,3H3/t21-,22-. The van der Waals surface area contributed by atoms with E-state index in [0.29, 0.717) is 17.6 Å². The predicted molar refractivity (Wildman–Crippen MR) is 117 cm³/mol. The van der Waals surface area contributed by atoms with E-state index in [0.717, 1.165) is 44.1 Å². The Morgan fingerprint density at radius 1 is 1.00 bits per heavy atom. The molecule has 0 atom stereocenters. The first-order valence-corrected chi connectivity index (χ1v) is 10.8. The molecule has 1 nitrogen and oxygen atoms in total. The first kappa shape index (κ1) is 20.6. The highest BCUT2D eigenvalue weighted by molar-refractivity contribution is 5.47. The Morgan fingerprint density at radius 3 is 2.29 bits per heavy atom. The second-order valence-electron chi connectivity index (χ2n) is 8.03. The van der Waals surface area contributed by atoms with Crippen molar-refractivity contribution < 1.29 is 9.13 Å². The third-order valence-corrected chi connectivity index (χ3v) is 6.30. The monoisotopic (exact) mass is 380 g/mol. The number of hydrogen-bond acceptors (Lipinski definition) is 1. The van der Waals surface area contributed by atoms with Gasteiger partial charge in [-0.25, -0.2) is 4.39 Å². The minimum atomic E-state index is -0.141. The third-order valence-electron chi connectivity index (χ3n) is 6.30. The summed E-state index contributed by atoms with van der Waals surface area (Å²) in [6.45, 7) is 6.02. The largest absolute Gasteiger partial charge is 0.494 e. The number of halogens is 1. The van der Waals surface area contributed by atoms with Crippen molar-refractivity contribution in [1.29, 1.82) is 0 Å². The highest BCUT2D eigenvalue weighted by atomic mass is 19.1. The van der Waals surface area contributed by atoms with Crippen molar-refractivity contribution in [3.63, 3.8) is 0 Å². The Labute approximate surface area is 169 Å². The Morgan fingerprint density at radius 2 is 1.68 bits per heavy atom. The fourth-order valence-corrected chi connectivity index (χ4v) is 4.60. The predicted octanol–water partition coefficient (Wildman–Crippen LogP) is 7.65. The molecule has 2 heteroatoms. The van der Waals surface area contributed by atoms with Crippen LogP contribution in [0.25, 0.3) is 6.08 Å². The van der Waals surface area contributed by atoms with Crippen LogP contribution in [0.1, 0.15) is 86.0 Å². The molecule has 0 spiro atoms. The minimum Gasteiger partial charge on any atom is -0.494 e. The van der Waals surface area contributed by atoms with E-state index in [1.165, 1.54) is 29.5 Å². The topological polar surface area (TPSA) is 9.23 Å². The van der Waals surface area contributed by atoms with E-state index < -0.39 is 0 Å². The zero-order valence-corrected chi connectivity index (χ0v) is 17.3. The smallest absolute Gasteiger partial charge is 0.168 e. The van der Waals surface area contributed by atoms with Gasteiger partial charge in [0.2, 0.25) is 0 Å². The number of methoxy groups -OCH3 is 1. The van der Waals surface area contributed by atoms with Crippen LogP contribution in [0.4, 0.5) is 4.39 Å². The maximum Gasteiger partial charge on any atom is 0.168 e. The number of hydrogen-bond donors (Lipinski definition) is 0. The van der Waals surface area contributed by atoms with Crippen LogP contribution in [0.2, 0.25) is 0 Å². The summed E-state index contributed by atoms with van der Waals surface area (Å²) in [7, 11) is 1.55. The van der Waals surface area contributed by atoms with Crippen molar-refractivity contribution in [2.45, 2.75) is 70.1 Å². The van der Waals surface area contributed by atoms with Crippen molar-refractivity contribution in [2.24, 2.45) is 0 Å². The summed E-state index contributed by atoms with van der Waals surface area (Å²) >= 11 is 0. The molecule has 0 aliphatic heterocycles. The van der Waals surface area contributed by atoms with E-state index in [1.807, 2.05) is 12.1 Å². The van der Waals surface area contributed by atoms with Crippen LogP contribution < -0.4 is 4.74 Å². The van der Waals surface area contributed by atoms with E-state index in [9.17, 15) is 4.39 Å². The molecule has 2 aromatic rings. The Balaban J connectivity index is 1.73. The van der Waals surface area contributed by atoms with Gasteiger partial charge in [0.1, 0.15) is 0 Å². The van der Waals surface area contributed by atoms with Crippen LogP contribution in [0.5, 0.6) is 5.75 Å². The molecular weight excluding hydrogens is 347 g/mol. The molecule has 1 aliphatic rings. The molecule has 1 saturated carbocycles. The van der Waals surface area contributed by atoms with Crippen LogP contribution in [0.3, 0.4) is 0 Å². The van der Waals surface area contributed by atoms with Crippen LogP contribution in [0, 0.1) is 5.82 Å². The summed E-state index contributed by atoms with van der Waals surface area (Å²) in [5.41, 5.74) is 4.71. The van der Waals surface area contributed by atoms with Crippen molar-refractivity contribution in [3.05, 3.63) is 71.0 Å². The molecular formula is C26H33FO. The van der Waals surface area contributed by atoms with Gasteiger partial charge in [-0.2, -0.15) is 0 Å². The van der Waals surface area contributed by atoms with Crippen LogP contribution in [-0.2, 0) is 6.42 Å². The lowest BCUT2D eigenvalue weighted by molar-refractivity contribution is 0.375. The summed E-state index contributed by atoms with van der Waals surface area (Å²) in [4.78, 5) is 0. The molecule has 0 bridgehead atoms. The molecule has 3 rings (SSSR count). The molecule has 28 heavy (non-hydrogen) atoms. The molecule has 150 valence electrons. The average molecular weight is 381 g/mol. The van der Waals surface area contributed by atoms with Gasteiger partial charge in [-0.3, -0.25) is 0 Å². The van der Waals surface area contributed by atoms with Crippen molar-refractivity contribution in [3.8, 4) is 5.75 Å². The molecule has 1 aliphatic carbocycles. The summed E-state index contributed by atoms with van der Waals surface area (Å²) in [5, 5.41) is 0. The fourth-order valence-electron chi connectivity index (χ4n) is 4.60. The Hall–Kier alpha value is -2.09. The first-order chi connectivity index (χ1) is 13.7. The van der Waals surface area contributed by atoms with Gasteiger partial charge in [-0.1, -0.05) is 62.8 Å². The summed E-state index contributed by atoms with van der Waals surface area (Å²) in [6.07, 6.45) is 10.6. The SMILES string of the molecule is C=Cc1ccc([C@H]2CC[C@H](c3ccc(OC)c(F)c3CCCCC)CC2)cc1. The van der Waals surface area contributed by atoms with Gasteiger partial charge in [0.15, 0.2) is 11.6 Å². The van der Waals surface area contributed by atoms with E-state index in [4.69, 9.17) is 4.74 Å². The quantitative estimate of drug-likeness (QED) is 0.427. The van der Waals surface area contributed by atoms with Gasteiger partial charge in [0, 0.05) is 0 Å². The van der Waals surface area contributed by atoms with Gasteiger partial charge in [0.25, 0.3) is 0 Å². The number of ether oxygens (including phenoxy) is 1. The van der Waals surface area contributed by atoms with E-state index in [2.05, 4.69) is 43.8 Å². The van der Waals surface area contributed by atoms with Crippen LogP contribution >= 0.6 is 0 Å². The van der Waals surface area contributed by atoms with Gasteiger partial charge in [-0.05, 0) is 78.7 Å². The highest BCUT2D eigenvalue weighted by Crippen LogP contribution is 2.43. The Bertz CT molecular complexity index is 770. The zero-order valence-electron chi connectivity index (χ0n) is 17.3. The second-order valence-corrected chi connectivity index (χ2v) is 8.03. The Kier molecular flexibility index (Phi) is 7.30. The van der Waals surface area contributed by atoms with Crippen LogP contribution in [0.15, 0.2) is 43.0 Å². The van der Waals surface area contributed by atoms with Crippen LogP contribution in [-0.4, -0.2) is 7.11 Å². The summed E-state index contributed by atoms with van der Waals surface area (Å²) in [6, 6.07) is 12.7. The molecule has 0 amide bonds. The molecule has 0 radical (unpaired) electrons. The van der Waals surface area contributed by atoms with Gasteiger partial charge < -0.3 is 4.74 Å². The fraction of sp³-hybridized carbons (Fsp3) is 0.462. The first-order valence-electron chi connectivity index (χ1n) is 10.8. The summed E-state index contributed by atoms with van der Waals surface area (Å²) < 4.78 is 20.2. The zero-order chi connectivity index (χ0) is 19.9. The lowest BCUT2D eigenvalue weighted by atomic mass is 9.74. The van der Waals surface area contributed by atoms with Crippen molar-refractivity contribution in [2.75, 3.05) is 7.11 Å². The van der Waals surface area contributed by atoms with Gasteiger partial charge in [0.05, 0.1) is 7.11 Å². The van der Waals surface area contributed by atoms with E-state index >= 15 is 0 Å². The molecule has 0 aromatic heterocycles. The molecule has 0 unspecified atom stereocenters. The number of rotatable bonds is 8. The average Bonchev–Trinajstić information content (AvgIpc) is 2.75.